The monoisotopic (exact) mass is 360 g/mol. The van der Waals surface area contributed by atoms with E-state index in [0.717, 1.165) is 32.6 Å². The maximum absolute atomic E-state index is 11.4. The Hall–Kier alpha value is -2.18. The van der Waals surface area contributed by atoms with E-state index in [4.69, 9.17) is 17.3 Å². The first-order chi connectivity index (χ1) is 11.4. The smallest absolute Gasteiger partial charge is 0.262 e. The van der Waals surface area contributed by atoms with Crippen LogP contribution in [0.5, 0.6) is 0 Å². The Morgan fingerprint density at radius 1 is 1.46 bits per heavy atom. The molecule has 0 spiro atoms. The molecule has 124 valence electrons. The predicted molar refractivity (Wildman–Crippen MR) is 101 cm³/mol. The number of hydrogen-bond donors (Lipinski definition) is 2. The number of aryl methyl sites for hydroxylation is 1. The number of halogens is 1. The summed E-state index contributed by atoms with van der Waals surface area (Å²) in [5.74, 6) is 0.892. The summed E-state index contributed by atoms with van der Waals surface area (Å²) < 4.78 is 1.06. The van der Waals surface area contributed by atoms with Crippen molar-refractivity contribution < 1.29 is 4.79 Å². The molecular formula is C17H17ClN4OS. The molecular weight excluding hydrogens is 344 g/mol. The van der Waals surface area contributed by atoms with Crippen LogP contribution >= 0.6 is 22.9 Å². The van der Waals surface area contributed by atoms with E-state index in [2.05, 4.69) is 28.8 Å². The van der Waals surface area contributed by atoms with Crippen molar-refractivity contribution in [3.8, 4) is 11.3 Å². The van der Waals surface area contributed by atoms with Gasteiger partial charge in [0, 0.05) is 11.8 Å². The molecule has 3 aromatic heterocycles. The van der Waals surface area contributed by atoms with Gasteiger partial charge in [-0.1, -0.05) is 13.8 Å². The molecule has 3 N–H and O–H groups in total. The molecule has 0 saturated heterocycles. The highest BCUT2D eigenvalue weighted by atomic mass is 35.5. The van der Waals surface area contributed by atoms with Crippen molar-refractivity contribution in [3.05, 3.63) is 34.3 Å². The van der Waals surface area contributed by atoms with E-state index in [1.165, 1.54) is 17.7 Å². The van der Waals surface area contributed by atoms with Gasteiger partial charge in [0.2, 0.25) is 0 Å². The van der Waals surface area contributed by atoms with Crippen LogP contribution in [0.1, 0.15) is 40.6 Å². The second-order valence-corrected chi connectivity index (χ2v) is 7.23. The maximum atomic E-state index is 11.4. The number of aliphatic imine (C=N–C) groups is 1. The van der Waals surface area contributed by atoms with Crippen molar-refractivity contribution in [2.75, 3.05) is 0 Å². The number of carbonyl (C=O) groups is 1. The molecule has 0 fully saturated rings. The normalized spacial score (nSPS) is 11.9. The van der Waals surface area contributed by atoms with Gasteiger partial charge in [-0.3, -0.25) is 4.79 Å². The molecule has 0 saturated carbocycles. The van der Waals surface area contributed by atoms with Crippen LogP contribution < -0.4 is 5.73 Å². The number of aromatic amines is 1. The molecule has 3 rings (SSSR count). The number of rotatable bonds is 4. The van der Waals surface area contributed by atoms with Crippen molar-refractivity contribution in [2.45, 2.75) is 26.7 Å². The highest BCUT2D eigenvalue weighted by molar-refractivity contribution is 7.22. The summed E-state index contributed by atoms with van der Waals surface area (Å²) in [4.78, 5) is 23.8. The Morgan fingerprint density at radius 3 is 2.79 bits per heavy atom. The first kappa shape index (κ1) is 16.7. The number of H-pyrrole nitrogens is 1. The van der Waals surface area contributed by atoms with Crippen LogP contribution in [0.25, 0.3) is 21.5 Å². The second-order valence-electron chi connectivity index (χ2n) is 5.84. The summed E-state index contributed by atoms with van der Waals surface area (Å²) in [5, 5.41) is -0.428. The van der Waals surface area contributed by atoms with Gasteiger partial charge in [0.25, 0.3) is 5.24 Å². The zero-order chi connectivity index (χ0) is 17.4. The van der Waals surface area contributed by atoms with Gasteiger partial charge in [0.05, 0.1) is 27.1 Å². The van der Waals surface area contributed by atoms with E-state index in [1.807, 2.05) is 13.0 Å². The maximum Gasteiger partial charge on any atom is 0.262 e. The minimum atomic E-state index is -0.428. The number of nitrogens with two attached hydrogens (primary N) is 1. The Morgan fingerprint density at radius 2 is 2.21 bits per heavy atom. The zero-order valence-electron chi connectivity index (χ0n) is 13.6. The van der Waals surface area contributed by atoms with Crippen molar-refractivity contribution >= 4 is 50.6 Å². The third kappa shape index (κ3) is 2.83. The first-order valence-electron chi connectivity index (χ1n) is 7.49. The molecule has 3 heterocycles. The van der Waals surface area contributed by atoms with Crippen molar-refractivity contribution in [1.82, 2.24) is 9.97 Å². The fourth-order valence-corrected chi connectivity index (χ4v) is 4.10. The predicted octanol–water partition coefficient (Wildman–Crippen LogP) is 4.72. The molecule has 0 aliphatic heterocycles. The van der Waals surface area contributed by atoms with Crippen LogP contribution in [0.4, 0.5) is 5.82 Å². The minimum absolute atomic E-state index is 0.285. The Labute approximate surface area is 148 Å². The summed E-state index contributed by atoms with van der Waals surface area (Å²) >= 11 is 7.03. The number of fused-ring (bicyclic) bond motifs is 1. The zero-order valence-corrected chi connectivity index (χ0v) is 15.1. The molecule has 5 nitrogen and oxygen atoms in total. The molecule has 0 bridgehead atoms. The topological polar surface area (TPSA) is 84.1 Å². The van der Waals surface area contributed by atoms with E-state index in [0.29, 0.717) is 10.7 Å². The average Bonchev–Trinajstić information content (AvgIpc) is 3.06. The van der Waals surface area contributed by atoms with Gasteiger partial charge in [0.15, 0.2) is 5.82 Å². The standard InChI is InChI=1S/C17H17ClN4OS/c1-8(2)13-14(10-4-9(3)17(20-6-10)21-7-19)22-11-5-12(16(18)23)24-15(11)13/h4-8,22H,1-3H3,(H2,19,20,21). The van der Waals surface area contributed by atoms with E-state index >= 15 is 0 Å². The van der Waals surface area contributed by atoms with Crippen LogP contribution in [-0.4, -0.2) is 21.5 Å². The van der Waals surface area contributed by atoms with E-state index < -0.39 is 5.24 Å². The van der Waals surface area contributed by atoms with E-state index in [1.54, 1.807) is 12.3 Å². The molecule has 0 radical (unpaired) electrons. The average molecular weight is 361 g/mol. The molecule has 24 heavy (non-hydrogen) atoms. The minimum Gasteiger partial charge on any atom is -0.390 e. The number of pyridine rings is 1. The van der Waals surface area contributed by atoms with Gasteiger partial charge in [-0.15, -0.1) is 11.3 Å². The molecule has 0 aliphatic rings. The summed E-state index contributed by atoms with van der Waals surface area (Å²) in [7, 11) is 0. The highest BCUT2D eigenvalue weighted by Gasteiger charge is 2.20. The van der Waals surface area contributed by atoms with Crippen molar-refractivity contribution in [1.29, 1.82) is 0 Å². The molecule has 0 amide bonds. The van der Waals surface area contributed by atoms with Gasteiger partial charge in [0.1, 0.15) is 0 Å². The molecule has 3 aromatic rings. The molecule has 0 unspecified atom stereocenters. The molecule has 0 aliphatic carbocycles. The number of carbonyl (C=O) groups excluding carboxylic acids is 1. The SMILES string of the molecule is Cc1cc(-c2[nH]c3cc(C(=O)Cl)sc3c2C(C)C)cnc1N=CN. The van der Waals surface area contributed by atoms with E-state index in [9.17, 15) is 4.79 Å². The highest BCUT2D eigenvalue weighted by Crippen LogP contribution is 2.40. The van der Waals surface area contributed by atoms with Gasteiger partial charge < -0.3 is 10.7 Å². The fourth-order valence-electron chi connectivity index (χ4n) is 2.78. The third-order valence-electron chi connectivity index (χ3n) is 3.81. The van der Waals surface area contributed by atoms with Gasteiger partial charge in [-0.05, 0) is 47.7 Å². The van der Waals surface area contributed by atoms with Gasteiger partial charge >= 0.3 is 0 Å². The largest absolute Gasteiger partial charge is 0.390 e. The number of nitrogens with zero attached hydrogens (tertiary/aromatic N) is 2. The van der Waals surface area contributed by atoms with Crippen molar-refractivity contribution in [2.24, 2.45) is 10.7 Å². The fraction of sp³-hybridized carbons (Fsp3) is 0.235. The Bertz CT molecular complexity index is 955. The quantitative estimate of drug-likeness (QED) is 0.401. The van der Waals surface area contributed by atoms with Crippen LogP contribution in [0.2, 0.25) is 0 Å². The molecule has 0 atom stereocenters. The Balaban J connectivity index is 2.19. The van der Waals surface area contributed by atoms with Crippen LogP contribution in [0, 0.1) is 6.92 Å². The number of hydrogen-bond acceptors (Lipinski definition) is 4. The second kappa shape index (κ2) is 6.37. The van der Waals surface area contributed by atoms with Crippen molar-refractivity contribution in [3.63, 3.8) is 0 Å². The van der Waals surface area contributed by atoms with Crippen LogP contribution in [-0.2, 0) is 0 Å². The lowest BCUT2D eigenvalue weighted by molar-refractivity contribution is 0.108. The third-order valence-corrected chi connectivity index (χ3v) is 5.30. The number of nitrogens with one attached hydrogen (secondary N) is 1. The molecule has 0 aromatic carbocycles. The van der Waals surface area contributed by atoms with E-state index in [-0.39, 0.29) is 5.92 Å². The van der Waals surface area contributed by atoms with Gasteiger partial charge in [-0.2, -0.15) is 0 Å². The molecule has 7 heteroatoms. The number of aromatic nitrogens is 2. The lowest BCUT2D eigenvalue weighted by Gasteiger charge is -2.09. The van der Waals surface area contributed by atoms with Crippen LogP contribution in [0.3, 0.4) is 0 Å². The lowest BCUT2D eigenvalue weighted by atomic mass is 9.99. The lowest BCUT2D eigenvalue weighted by Crippen LogP contribution is -1.93. The van der Waals surface area contributed by atoms with Gasteiger partial charge in [-0.25, -0.2) is 9.98 Å². The summed E-state index contributed by atoms with van der Waals surface area (Å²) in [5.41, 5.74) is 10.4. The van der Waals surface area contributed by atoms with Crippen LogP contribution in [0.15, 0.2) is 23.3 Å². The Kier molecular flexibility index (Phi) is 4.43. The summed E-state index contributed by atoms with van der Waals surface area (Å²) in [6, 6.07) is 3.84. The number of thiophene rings is 1. The summed E-state index contributed by atoms with van der Waals surface area (Å²) in [6.45, 7) is 6.20. The first-order valence-corrected chi connectivity index (χ1v) is 8.68. The summed E-state index contributed by atoms with van der Waals surface area (Å²) in [6.07, 6.45) is 3.02.